The molecule has 6 heteroatoms. The summed E-state index contributed by atoms with van der Waals surface area (Å²) in [6, 6.07) is 3.87. The van der Waals surface area contributed by atoms with E-state index < -0.39 is 11.6 Å². The summed E-state index contributed by atoms with van der Waals surface area (Å²) in [4.78, 5) is 0. The predicted molar refractivity (Wildman–Crippen MR) is 96.1 cm³/mol. The standard InChI is InChI=1S/C21H24F2N2O2/c22-17-2-1-3-18(23)19(17)20-16(21(27-25-20)12-4-5-12)11-26-15-7-6-13-9-24-10-14(13)8-15/h1-3,12-15,24H,4-11H2/t13?,14-,15-/m0/s1. The second-order valence-corrected chi connectivity index (χ2v) is 8.17. The molecular weight excluding hydrogens is 350 g/mol. The summed E-state index contributed by atoms with van der Waals surface area (Å²) < 4.78 is 40.4. The number of benzene rings is 1. The van der Waals surface area contributed by atoms with Crippen LogP contribution in [0.5, 0.6) is 0 Å². The monoisotopic (exact) mass is 374 g/mol. The van der Waals surface area contributed by atoms with Crippen LogP contribution < -0.4 is 5.32 Å². The van der Waals surface area contributed by atoms with Crippen LogP contribution in [0.3, 0.4) is 0 Å². The molecular formula is C21H24F2N2O2. The topological polar surface area (TPSA) is 47.3 Å². The molecule has 0 radical (unpaired) electrons. The van der Waals surface area contributed by atoms with Gasteiger partial charge in [-0.3, -0.25) is 0 Å². The maximum absolute atomic E-state index is 14.3. The second kappa shape index (κ2) is 6.99. The van der Waals surface area contributed by atoms with E-state index in [2.05, 4.69) is 10.5 Å². The zero-order valence-corrected chi connectivity index (χ0v) is 15.2. The van der Waals surface area contributed by atoms with E-state index >= 15 is 0 Å². The van der Waals surface area contributed by atoms with E-state index in [1.807, 2.05) is 0 Å². The Kier molecular flexibility index (Phi) is 4.48. The van der Waals surface area contributed by atoms with Crippen molar-refractivity contribution in [2.75, 3.05) is 13.1 Å². The maximum Gasteiger partial charge on any atom is 0.145 e. The molecule has 3 atom stereocenters. The SMILES string of the molecule is Fc1cccc(F)c1-c1noc(C2CC2)c1CO[C@H]1CCC2CNC[C@@H]2C1. The molecule has 1 N–H and O–H groups in total. The van der Waals surface area contributed by atoms with Gasteiger partial charge in [0.15, 0.2) is 0 Å². The Bertz CT molecular complexity index is 813. The first kappa shape index (κ1) is 17.3. The molecule has 2 aromatic rings. The zero-order valence-electron chi connectivity index (χ0n) is 15.2. The highest BCUT2D eigenvalue weighted by molar-refractivity contribution is 5.65. The molecule has 1 aromatic heterocycles. The van der Waals surface area contributed by atoms with E-state index in [1.165, 1.54) is 24.6 Å². The third kappa shape index (κ3) is 3.29. The third-order valence-electron chi connectivity index (χ3n) is 6.33. The molecule has 3 fully saturated rings. The van der Waals surface area contributed by atoms with E-state index in [9.17, 15) is 8.78 Å². The lowest BCUT2D eigenvalue weighted by Gasteiger charge is -2.31. The van der Waals surface area contributed by atoms with Crippen molar-refractivity contribution in [3.8, 4) is 11.3 Å². The highest BCUT2D eigenvalue weighted by atomic mass is 19.1. The Morgan fingerprint density at radius 2 is 1.85 bits per heavy atom. The Hall–Kier alpha value is -1.79. The molecule has 3 aliphatic rings. The smallest absolute Gasteiger partial charge is 0.145 e. The van der Waals surface area contributed by atoms with Crippen LogP contribution in [0.25, 0.3) is 11.3 Å². The van der Waals surface area contributed by atoms with Crippen LogP contribution in [0.1, 0.15) is 49.3 Å². The highest BCUT2D eigenvalue weighted by Gasteiger charge is 2.36. The van der Waals surface area contributed by atoms with Crippen molar-refractivity contribution in [1.82, 2.24) is 10.5 Å². The summed E-state index contributed by atoms with van der Waals surface area (Å²) in [5.41, 5.74) is 0.854. The molecule has 1 saturated heterocycles. The Labute approximate surface area is 157 Å². The molecule has 2 saturated carbocycles. The van der Waals surface area contributed by atoms with Crippen LogP contribution in [0.4, 0.5) is 8.78 Å². The molecule has 5 rings (SSSR count). The fourth-order valence-electron chi connectivity index (χ4n) is 4.66. The number of halogens is 2. The summed E-state index contributed by atoms with van der Waals surface area (Å²) in [5.74, 6) is 1.25. The Morgan fingerprint density at radius 3 is 2.63 bits per heavy atom. The molecule has 0 amide bonds. The molecule has 2 heterocycles. The number of nitrogens with zero attached hydrogens (tertiary/aromatic N) is 1. The Balaban J connectivity index is 1.39. The van der Waals surface area contributed by atoms with E-state index in [1.54, 1.807) is 0 Å². The van der Waals surface area contributed by atoms with Gasteiger partial charge in [0.05, 0.1) is 18.3 Å². The number of aromatic nitrogens is 1. The predicted octanol–water partition coefficient (Wildman–Crippen LogP) is 4.40. The first-order chi connectivity index (χ1) is 13.2. The molecule has 27 heavy (non-hydrogen) atoms. The van der Waals surface area contributed by atoms with Crippen molar-refractivity contribution < 1.29 is 18.0 Å². The van der Waals surface area contributed by atoms with Crippen LogP contribution in [-0.4, -0.2) is 24.4 Å². The minimum Gasteiger partial charge on any atom is -0.373 e. The van der Waals surface area contributed by atoms with E-state index in [0.717, 1.165) is 50.5 Å². The quantitative estimate of drug-likeness (QED) is 0.843. The van der Waals surface area contributed by atoms with Gasteiger partial charge in [-0.1, -0.05) is 11.2 Å². The lowest BCUT2D eigenvalue weighted by atomic mass is 9.80. The van der Waals surface area contributed by atoms with Crippen LogP contribution in [0, 0.1) is 23.5 Å². The molecule has 4 nitrogen and oxygen atoms in total. The number of rotatable bonds is 5. The minimum absolute atomic E-state index is 0.115. The lowest BCUT2D eigenvalue weighted by molar-refractivity contribution is -0.00497. The number of hydrogen-bond acceptors (Lipinski definition) is 4. The zero-order chi connectivity index (χ0) is 18.4. The van der Waals surface area contributed by atoms with Gasteiger partial charge in [0.25, 0.3) is 0 Å². The molecule has 0 bridgehead atoms. The normalized spacial score (nSPS) is 27.7. The average Bonchev–Trinajstić information content (AvgIpc) is 3.25. The number of hydrogen-bond donors (Lipinski definition) is 1. The van der Waals surface area contributed by atoms with E-state index in [0.29, 0.717) is 24.0 Å². The Morgan fingerprint density at radius 1 is 1.07 bits per heavy atom. The summed E-state index contributed by atoms with van der Waals surface area (Å²) in [6.07, 6.45) is 5.50. The summed E-state index contributed by atoms with van der Waals surface area (Å²) >= 11 is 0. The second-order valence-electron chi connectivity index (χ2n) is 8.17. The molecule has 144 valence electrons. The largest absolute Gasteiger partial charge is 0.373 e. The molecule has 2 aliphatic carbocycles. The van der Waals surface area contributed by atoms with E-state index in [4.69, 9.17) is 9.26 Å². The minimum atomic E-state index is -0.621. The van der Waals surface area contributed by atoms with Crippen molar-refractivity contribution in [2.45, 2.75) is 50.7 Å². The van der Waals surface area contributed by atoms with Gasteiger partial charge in [-0.15, -0.1) is 0 Å². The van der Waals surface area contributed by atoms with Crippen molar-refractivity contribution in [3.05, 3.63) is 41.2 Å². The van der Waals surface area contributed by atoms with Crippen LogP contribution >= 0.6 is 0 Å². The van der Waals surface area contributed by atoms with Crippen molar-refractivity contribution in [3.63, 3.8) is 0 Å². The summed E-state index contributed by atoms with van der Waals surface area (Å²) in [5, 5.41) is 7.51. The van der Waals surface area contributed by atoms with Gasteiger partial charge in [-0.2, -0.15) is 0 Å². The van der Waals surface area contributed by atoms with Crippen LogP contribution in [0.2, 0.25) is 0 Å². The van der Waals surface area contributed by atoms with Gasteiger partial charge in [-0.05, 0) is 69.2 Å². The van der Waals surface area contributed by atoms with Crippen molar-refractivity contribution >= 4 is 0 Å². The van der Waals surface area contributed by atoms with Crippen LogP contribution in [-0.2, 0) is 11.3 Å². The van der Waals surface area contributed by atoms with E-state index in [-0.39, 0.29) is 17.4 Å². The number of ether oxygens (including phenoxy) is 1. The first-order valence-electron chi connectivity index (χ1n) is 9.96. The molecule has 1 unspecified atom stereocenters. The van der Waals surface area contributed by atoms with Gasteiger partial charge in [0.2, 0.25) is 0 Å². The number of nitrogens with one attached hydrogen (secondary N) is 1. The van der Waals surface area contributed by atoms with Gasteiger partial charge >= 0.3 is 0 Å². The first-order valence-corrected chi connectivity index (χ1v) is 9.96. The third-order valence-corrected chi connectivity index (χ3v) is 6.33. The van der Waals surface area contributed by atoms with Gasteiger partial charge in [0.1, 0.15) is 23.1 Å². The summed E-state index contributed by atoms with van der Waals surface area (Å²) in [7, 11) is 0. The van der Waals surface area contributed by atoms with Crippen molar-refractivity contribution in [1.29, 1.82) is 0 Å². The van der Waals surface area contributed by atoms with Crippen molar-refractivity contribution in [2.24, 2.45) is 11.8 Å². The van der Waals surface area contributed by atoms with Gasteiger partial charge in [-0.25, -0.2) is 8.78 Å². The van der Waals surface area contributed by atoms with Gasteiger partial charge < -0.3 is 14.6 Å². The average molecular weight is 374 g/mol. The van der Waals surface area contributed by atoms with Gasteiger partial charge in [0, 0.05) is 11.5 Å². The summed E-state index contributed by atoms with van der Waals surface area (Å²) in [6.45, 7) is 2.48. The molecule has 1 aromatic carbocycles. The number of fused-ring (bicyclic) bond motifs is 1. The van der Waals surface area contributed by atoms with Crippen LogP contribution in [0.15, 0.2) is 22.7 Å². The maximum atomic E-state index is 14.3. The molecule has 1 aliphatic heterocycles. The fraction of sp³-hybridized carbons (Fsp3) is 0.571. The highest BCUT2D eigenvalue weighted by Crippen LogP contribution is 2.45. The fourth-order valence-corrected chi connectivity index (χ4v) is 4.66. The molecule has 0 spiro atoms. The lowest BCUT2D eigenvalue weighted by Crippen LogP contribution is -2.28.